The van der Waals surface area contributed by atoms with E-state index in [-0.39, 0.29) is 25.2 Å². The van der Waals surface area contributed by atoms with Crippen molar-refractivity contribution in [2.75, 3.05) is 13.2 Å². The van der Waals surface area contributed by atoms with Crippen LogP contribution in [0.2, 0.25) is 0 Å². The molecule has 1 unspecified atom stereocenters. The molecule has 0 aromatic rings. The number of carbonyl (C=O) groups excluding carboxylic acids is 2. The Morgan fingerprint density at radius 2 is 0.769 bits per heavy atom. The van der Waals surface area contributed by atoms with Gasteiger partial charge in [-0.25, -0.2) is 0 Å². The molecule has 0 saturated heterocycles. The van der Waals surface area contributed by atoms with E-state index < -0.39 is 6.10 Å². The molecule has 0 aromatic heterocycles. The van der Waals surface area contributed by atoms with Crippen molar-refractivity contribution < 1.29 is 24.2 Å². The van der Waals surface area contributed by atoms with Gasteiger partial charge in [-0.2, -0.15) is 0 Å². The van der Waals surface area contributed by atoms with Crippen LogP contribution in [0.15, 0.2) is 24.3 Å². The number of aliphatic hydroxyl groups is 1. The fourth-order valence-electron chi connectivity index (χ4n) is 6.76. The highest BCUT2D eigenvalue weighted by Gasteiger charge is 2.16. The number of hydrogen-bond donors (Lipinski definition) is 1. The summed E-state index contributed by atoms with van der Waals surface area (Å²) in [5.41, 5.74) is 0. The zero-order chi connectivity index (χ0) is 37.8. The van der Waals surface area contributed by atoms with Gasteiger partial charge in [0.25, 0.3) is 0 Å². The second-order valence-electron chi connectivity index (χ2n) is 15.5. The zero-order valence-corrected chi connectivity index (χ0v) is 34.8. The van der Waals surface area contributed by atoms with E-state index in [1.165, 1.54) is 173 Å². The summed E-state index contributed by atoms with van der Waals surface area (Å²) < 4.78 is 10.5. The molecule has 1 N–H and O–H groups in total. The monoisotopic (exact) mass is 733 g/mol. The summed E-state index contributed by atoms with van der Waals surface area (Å²) in [5.74, 6) is -0.595. The maximum Gasteiger partial charge on any atom is 0.306 e. The van der Waals surface area contributed by atoms with Crippen molar-refractivity contribution >= 4 is 11.9 Å². The molecule has 0 fully saturated rings. The SMILES string of the molecule is CCCCCCC/C=C\C/C=C\CCCCCCCCCCCCCCCCCCCCCCCC(=O)OC(CO)COC(=O)CCCCCCC. The highest BCUT2D eigenvalue weighted by Crippen LogP contribution is 2.16. The van der Waals surface area contributed by atoms with E-state index in [0.29, 0.717) is 12.8 Å². The molecule has 52 heavy (non-hydrogen) atoms. The number of unbranched alkanes of at least 4 members (excludes halogenated alkanes) is 30. The third-order valence-corrected chi connectivity index (χ3v) is 10.2. The summed E-state index contributed by atoms with van der Waals surface area (Å²) in [6, 6.07) is 0. The zero-order valence-electron chi connectivity index (χ0n) is 34.8. The van der Waals surface area contributed by atoms with E-state index in [4.69, 9.17) is 9.47 Å². The normalized spacial score (nSPS) is 12.3. The molecular weight excluding hydrogens is 645 g/mol. The molecule has 5 nitrogen and oxygen atoms in total. The number of aliphatic hydroxyl groups excluding tert-OH is 1. The maximum absolute atomic E-state index is 12.1. The predicted molar refractivity (Wildman–Crippen MR) is 224 cm³/mol. The van der Waals surface area contributed by atoms with Crippen LogP contribution in [0.4, 0.5) is 0 Å². The first-order valence-corrected chi connectivity index (χ1v) is 22.9. The van der Waals surface area contributed by atoms with Gasteiger partial charge in [-0.05, 0) is 44.9 Å². The van der Waals surface area contributed by atoms with Crippen molar-refractivity contribution in [3.05, 3.63) is 24.3 Å². The number of allylic oxidation sites excluding steroid dienone is 4. The number of ether oxygens (including phenoxy) is 2. The summed E-state index contributed by atoms with van der Waals surface area (Å²) in [6.45, 7) is 4.05. The van der Waals surface area contributed by atoms with Crippen LogP contribution < -0.4 is 0 Å². The van der Waals surface area contributed by atoms with Crippen molar-refractivity contribution in [1.82, 2.24) is 0 Å². The fraction of sp³-hybridized carbons (Fsp3) is 0.872. The van der Waals surface area contributed by atoms with Crippen LogP contribution in [-0.2, 0) is 19.1 Å². The number of rotatable bonds is 42. The molecule has 0 amide bonds. The Hall–Kier alpha value is -1.62. The lowest BCUT2D eigenvalue weighted by molar-refractivity contribution is -0.161. The first-order chi connectivity index (χ1) is 25.6. The van der Waals surface area contributed by atoms with Crippen LogP contribution >= 0.6 is 0 Å². The lowest BCUT2D eigenvalue weighted by Gasteiger charge is -2.15. The molecule has 0 aliphatic rings. The van der Waals surface area contributed by atoms with Gasteiger partial charge in [0.05, 0.1) is 6.61 Å². The second kappa shape index (κ2) is 43.8. The highest BCUT2D eigenvalue weighted by molar-refractivity contribution is 5.70. The second-order valence-corrected chi connectivity index (χ2v) is 15.5. The Balaban J connectivity index is 3.33. The molecular formula is C47H88O5. The molecule has 0 aliphatic carbocycles. The van der Waals surface area contributed by atoms with E-state index >= 15 is 0 Å². The van der Waals surface area contributed by atoms with Gasteiger partial charge < -0.3 is 14.6 Å². The van der Waals surface area contributed by atoms with Crippen LogP contribution in [0, 0.1) is 0 Å². The smallest absolute Gasteiger partial charge is 0.306 e. The van der Waals surface area contributed by atoms with Crippen LogP contribution in [-0.4, -0.2) is 36.4 Å². The molecule has 306 valence electrons. The van der Waals surface area contributed by atoms with Crippen LogP contribution in [0.1, 0.15) is 245 Å². The summed E-state index contributed by atoms with van der Waals surface area (Å²) in [7, 11) is 0. The molecule has 0 saturated carbocycles. The highest BCUT2D eigenvalue weighted by atomic mass is 16.6. The number of hydrogen-bond acceptors (Lipinski definition) is 5. The van der Waals surface area contributed by atoms with E-state index in [0.717, 1.165) is 44.9 Å². The number of esters is 2. The van der Waals surface area contributed by atoms with Gasteiger partial charge >= 0.3 is 11.9 Å². The molecule has 1 atom stereocenters. The van der Waals surface area contributed by atoms with Crippen LogP contribution in [0.5, 0.6) is 0 Å². The van der Waals surface area contributed by atoms with Crippen molar-refractivity contribution in [2.24, 2.45) is 0 Å². The molecule has 5 heteroatoms. The fourth-order valence-corrected chi connectivity index (χ4v) is 6.76. The Bertz CT molecular complexity index is 791. The summed E-state index contributed by atoms with van der Waals surface area (Å²) in [4.78, 5) is 24.0. The summed E-state index contributed by atoms with van der Waals surface area (Å²) in [6.07, 6.45) is 53.2. The molecule has 0 rings (SSSR count). The predicted octanol–water partition coefficient (Wildman–Crippen LogP) is 14.6. The maximum atomic E-state index is 12.1. The minimum atomic E-state index is -0.762. The standard InChI is InChI=1S/C47H88O5/c1-3-5-7-9-10-11-12-13-14-15-16-17-18-19-20-21-22-23-24-25-26-27-28-29-30-31-32-33-34-35-36-38-40-42-47(50)52-45(43-48)44-51-46(49)41-39-37-8-6-4-2/h12-13,15-16,45,48H,3-11,14,17-44H2,1-2H3/b13-12-,16-15-. The first kappa shape index (κ1) is 50.4. The lowest BCUT2D eigenvalue weighted by atomic mass is 10.0. The summed E-state index contributed by atoms with van der Waals surface area (Å²) in [5, 5.41) is 9.48. The van der Waals surface area contributed by atoms with Gasteiger partial charge in [-0.15, -0.1) is 0 Å². The Morgan fingerprint density at radius 1 is 0.442 bits per heavy atom. The van der Waals surface area contributed by atoms with Gasteiger partial charge in [-0.3, -0.25) is 9.59 Å². The van der Waals surface area contributed by atoms with Crippen molar-refractivity contribution in [1.29, 1.82) is 0 Å². The summed E-state index contributed by atoms with van der Waals surface area (Å²) >= 11 is 0. The Morgan fingerprint density at radius 3 is 1.13 bits per heavy atom. The number of carbonyl (C=O) groups is 2. The minimum Gasteiger partial charge on any atom is -0.462 e. The van der Waals surface area contributed by atoms with Gasteiger partial charge in [0.1, 0.15) is 6.61 Å². The largest absolute Gasteiger partial charge is 0.462 e. The van der Waals surface area contributed by atoms with Gasteiger partial charge in [0.2, 0.25) is 0 Å². The van der Waals surface area contributed by atoms with Crippen molar-refractivity contribution in [3.8, 4) is 0 Å². The first-order valence-electron chi connectivity index (χ1n) is 22.9. The van der Waals surface area contributed by atoms with E-state index in [1.807, 2.05) is 0 Å². The minimum absolute atomic E-state index is 0.0621. The van der Waals surface area contributed by atoms with Crippen molar-refractivity contribution in [3.63, 3.8) is 0 Å². The Labute approximate surface area is 323 Å². The van der Waals surface area contributed by atoms with Gasteiger partial charge in [0, 0.05) is 12.8 Å². The quantitative estimate of drug-likeness (QED) is 0.0384. The third kappa shape index (κ3) is 41.1. The average Bonchev–Trinajstić information content (AvgIpc) is 3.15. The van der Waals surface area contributed by atoms with Crippen molar-refractivity contribution in [2.45, 2.75) is 251 Å². The van der Waals surface area contributed by atoms with Crippen LogP contribution in [0.25, 0.3) is 0 Å². The average molecular weight is 733 g/mol. The van der Waals surface area contributed by atoms with Gasteiger partial charge in [0.15, 0.2) is 6.10 Å². The molecule has 0 bridgehead atoms. The van der Waals surface area contributed by atoms with Gasteiger partial charge in [-0.1, -0.05) is 212 Å². The lowest BCUT2D eigenvalue weighted by Crippen LogP contribution is -2.28. The molecule has 0 heterocycles. The van der Waals surface area contributed by atoms with Crippen LogP contribution in [0.3, 0.4) is 0 Å². The third-order valence-electron chi connectivity index (χ3n) is 10.2. The molecule has 0 aliphatic heterocycles. The molecule has 0 spiro atoms. The van der Waals surface area contributed by atoms with E-state index in [1.54, 1.807) is 0 Å². The topological polar surface area (TPSA) is 72.8 Å². The Kier molecular flexibility index (Phi) is 42.4. The molecule has 0 aromatic carbocycles. The van der Waals surface area contributed by atoms with E-state index in [2.05, 4.69) is 38.2 Å². The molecule has 0 radical (unpaired) electrons. The van der Waals surface area contributed by atoms with E-state index in [9.17, 15) is 14.7 Å².